The third kappa shape index (κ3) is 5.26. The smallest absolute Gasteiger partial charge is 0.242 e. The number of benzene rings is 3. The summed E-state index contributed by atoms with van der Waals surface area (Å²) in [6.45, 7) is 5.86. The van der Waals surface area contributed by atoms with Crippen LogP contribution in [0.5, 0.6) is 0 Å². The molecular weight excluding hydrogens is 534 g/mol. The summed E-state index contributed by atoms with van der Waals surface area (Å²) in [6, 6.07) is 13.8. The van der Waals surface area contributed by atoms with E-state index in [1.165, 1.54) is 54.6 Å². The first-order valence-corrected chi connectivity index (χ1v) is 12.8. The van der Waals surface area contributed by atoms with Gasteiger partial charge in [-0.25, -0.2) is 13.2 Å². The summed E-state index contributed by atoms with van der Waals surface area (Å²) in [5.74, 6) is -3.80. The number of nitrogens with one attached hydrogen (secondary N) is 2. The lowest BCUT2D eigenvalue weighted by Gasteiger charge is -2.37. The van der Waals surface area contributed by atoms with Gasteiger partial charge in [-0.3, -0.25) is 4.79 Å². The highest BCUT2D eigenvalue weighted by Crippen LogP contribution is 2.52. The minimum Gasteiger partial charge on any atom is -0.325 e. The van der Waals surface area contributed by atoms with E-state index in [-0.39, 0.29) is 26.6 Å². The van der Waals surface area contributed by atoms with E-state index in [0.29, 0.717) is 12.1 Å². The fourth-order valence-corrected chi connectivity index (χ4v) is 5.65. The molecule has 0 saturated carbocycles. The van der Waals surface area contributed by atoms with Crippen molar-refractivity contribution in [3.8, 4) is 6.07 Å². The van der Waals surface area contributed by atoms with Crippen LogP contribution in [0.1, 0.15) is 44.2 Å². The van der Waals surface area contributed by atoms with Crippen molar-refractivity contribution in [1.29, 1.82) is 5.26 Å². The van der Waals surface area contributed by atoms with E-state index in [1.54, 1.807) is 0 Å². The highest BCUT2D eigenvalue weighted by Gasteiger charge is 2.61. The summed E-state index contributed by atoms with van der Waals surface area (Å²) in [7, 11) is 0. The van der Waals surface area contributed by atoms with Gasteiger partial charge in [-0.2, -0.15) is 5.26 Å². The third-order valence-corrected chi connectivity index (χ3v) is 7.37. The zero-order chi connectivity index (χ0) is 27.8. The Morgan fingerprint density at radius 1 is 1.08 bits per heavy atom. The highest BCUT2D eigenvalue weighted by molar-refractivity contribution is 6.31. The van der Waals surface area contributed by atoms with Crippen molar-refractivity contribution in [2.45, 2.75) is 50.6 Å². The molecule has 1 fully saturated rings. The maximum atomic E-state index is 15.6. The van der Waals surface area contributed by atoms with Gasteiger partial charge in [0.15, 0.2) is 0 Å². The Balaban J connectivity index is 1.96. The van der Waals surface area contributed by atoms with Crippen LogP contribution in [0.15, 0.2) is 60.7 Å². The molecule has 4 rings (SSSR count). The van der Waals surface area contributed by atoms with Crippen LogP contribution in [-0.2, 0) is 10.2 Å². The SMILES string of the molecule is CC(C)(C)CC1NC(C(=O)Nc2ccc(F)cc2)C(c2cccc(Cl)c2F)C1(C#N)c1ccc(Cl)cc1F. The number of amides is 1. The summed E-state index contributed by atoms with van der Waals surface area (Å²) in [5, 5.41) is 16.7. The summed E-state index contributed by atoms with van der Waals surface area (Å²) in [6.07, 6.45) is 0.349. The fourth-order valence-electron chi connectivity index (χ4n) is 5.31. The molecule has 2 N–H and O–H groups in total. The van der Waals surface area contributed by atoms with Crippen LogP contribution in [-0.4, -0.2) is 18.0 Å². The standard InChI is InChI=1S/C29H26Cl2F3N3O/c1-28(2,3)14-23-29(15-35,20-12-7-16(30)13-22(20)33)24(19-5-4-6-21(31)25(19)34)26(37-23)27(38)36-18-10-8-17(32)9-11-18/h4-13,23-24,26,37H,14H2,1-3H3,(H,36,38). The van der Waals surface area contributed by atoms with Crippen molar-refractivity contribution < 1.29 is 18.0 Å². The van der Waals surface area contributed by atoms with Crippen molar-refractivity contribution in [3.63, 3.8) is 0 Å². The van der Waals surface area contributed by atoms with Gasteiger partial charge in [-0.1, -0.05) is 62.2 Å². The Labute approximate surface area is 229 Å². The van der Waals surface area contributed by atoms with Crippen LogP contribution in [0.25, 0.3) is 0 Å². The number of carbonyl (C=O) groups excluding carboxylic acids is 1. The molecule has 3 aromatic rings. The third-order valence-electron chi connectivity index (χ3n) is 6.84. The van der Waals surface area contributed by atoms with E-state index in [2.05, 4.69) is 16.7 Å². The lowest BCUT2D eigenvalue weighted by atomic mass is 9.62. The van der Waals surface area contributed by atoms with E-state index in [1.807, 2.05) is 20.8 Å². The normalized spacial score (nSPS) is 23.2. The number of anilines is 1. The van der Waals surface area contributed by atoms with Gasteiger partial charge in [0.25, 0.3) is 0 Å². The summed E-state index contributed by atoms with van der Waals surface area (Å²) < 4.78 is 44.7. The Hall–Kier alpha value is -3.05. The zero-order valence-electron chi connectivity index (χ0n) is 21.0. The second kappa shape index (κ2) is 10.6. The summed E-state index contributed by atoms with van der Waals surface area (Å²) in [4.78, 5) is 13.7. The van der Waals surface area contributed by atoms with Crippen LogP contribution < -0.4 is 10.6 Å². The number of halogens is 5. The molecule has 4 nitrogen and oxygen atoms in total. The zero-order valence-corrected chi connectivity index (χ0v) is 22.5. The van der Waals surface area contributed by atoms with Crippen LogP contribution in [0, 0.1) is 34.2 Å². The molecule has 0 aromatic heterocycles. The Bertz CT molecular complexity index is 1400. The van der Waals surface area contributed by atoms with Crippen molar-refractivity contribution in [2.75, 3.05) is 5.32 Å². The van der Waals surface area contributed by atoms with Crippen molar-refractivity contribution in [3.05, 3.63) is 99.3 Å². The monoisotopic (exact) mass is 559 g/mol. The van der Waals surface area contributed by atoms with Gasteiger partial charge in [0, 0.05) is 28.2 Å². The molecule has 0 aliphatic carbocycles. The van der Waals surface area contributed by atoms with Gasteiger partial charge in [-0.15, -0.1) is 0 Å². The van der Waals surface area contributed by atoms with E-state index >= 15 is 8.78 Å². The van der Waals surface area contributed by atoms with Crippen LogP contribution in [0.2, 0.25) is 10.0 Å². The maximum Gasteiger partial charge on any atom is 0.242 e. The molecule has 9 heteroatoms. The maximum absolute atomic E-state index is 15.6. The first kappa shape index (κ1) is 28.0. The van der Waals surface area contributed by atoms with Crippen LogP contribution in [0.3, 0.4) is 0 Å². The average Bonchev–Trinajstić information content (AvgIpc) is 3.15. The lowest BCUT2D eigenvalue weighted by molar-refractivity contribution is -0.118. The number of rotatable bonds is 5. The van der Waals surface area contributed by atoms with Crippen molar-refractivity contribution in [2.24, 2.45) is 5.41 Å². The molecule has 1 saturated heterocycles. The van der Waals surface area contributed by atoms with Crippen molar-refractivity contribution >= 4 is 34.8 Å². The molecule has 0 bridgehead atoms. The molecule has 1 aliphatic heterocycles. The largest absolute Gasteiger partial charge is 0.325 e. The predicted molar refractivity (Wildman–Crippen MR) is 143 cm³/mol. The Morgan fingerprint density at radius 3 is 2.37 bits per heavy atom. The first-order valence-electron chi connectivity index (χ1n) is 12.0. The topological polar surface area (TPSA) is 64.9 Å². The number of carbonyl (C=O) groups is 1. The highest BCUT2D eigenvalue weighted by atomic mass is 35.5. The molecule has 3 aromatic carbocycles. The number of nitriles is 1. The van der Waals surface area contributed by atoms with Gasteiger partial charge >= 0.3 is 0 Å². The number of nitrogens with zero attached hydrogens (tertiary/aromatic N) is 1. The van der Waals surface area contributed by atoms with Crippen LogP contribution >= 0.6 is 23.2 Å². The number of hydrogen-bond acceptors (Lipinski definition) is 3. The minimum atomic E-state index is -1.72. The quantitative estimate of drug-likeness (QED) is 0.343. The van der Waals surface area contributed by atoms with Gasteiger partial charge in [0.2, 0.25) is 5.91 Å². The molecule has 4 unspecified atom stereocenters. The average molecular weight is 560 g/mol. The van der Waals surface area contributed by atoms with Gasteiger partial charge < -0.3 is 10.6 Å². The molecule has 0 radical (unpaired) electrons. The van der Waals surface area contributed by atoms with Gasteiger partial charge in [0.1, 0.15) is 22.9 Å². The van der Waals surface area contributed by atoms with E-state index < -0.39 is 46.8 Å². The van der Waals surface area contributed by atoms with E-state index in [9.17, 15) is 14.4 Å². The fraction of sp³-hybridized carbons (Fsp3) is 0.310. The van der Waals surface area contributed by atoms with E-state index in [0.717, 1.165) is 6.07 Å². The van der Waals surface area contributed by atoms with Crippen LogP contribution in [0.4, 0.5) is 18.9 Å². The molecule has 0 spiro atoms. The molecule has 1 heterocycles. The predicted octanol–water partition coefficient (Wildman–Crippen LogP) is 7.37. The molecular formula is C29H26Cl2F3N3O. The number of hydrogen-bond donors (Lipinski definition) is 2. The van der Waals surface area contributed by atoms with Crippen molar-refractivity contribution in [1.82, 2.24) is 5.32 Å². The lowest BCUT2D eigenvalue weighted by Crippen LogP contribution is -2.45. The molecule has 4 atom stereocenters. The Morgan fingerprint density at radius 2 is 1.76 bits per heavy atom. The van der Waals surface area contributed by atoms with Gasteiger partial charge in [0.05, 0.1) is 17.1 Å². The van der Waals surface area contributed by atoms with E-state index in [4.69, 9.17) is 23.2 Å². The molecule has 1 amide bonds. The summed E-state index contributed by atoms with van der Waals surface area (Å²) in [5.41, 5.74) is -1.78. The summed E-state index contributed by atoms with van der Waals surface area (Å²) >= 11 is 12.2. The first-order chi connectivity index (χ1) is 17.9. The Kier molecular flexibility index (Phi) is 7.81. The minimum absolute atomic E-state index is 0.00318. The van der Waals surface area contributed by atoms with Gasteiger partial charge in [-0.05, 0) is 59.9 Å². The molecule has 198 valence electrons. The second-order valence-electron chi connectivity index (χ2n) is 10.7. The molecule has 38 heavy (non-hydrogen) atoms. The second-order valence-corrected chi connectivity index (χ2v) is 11.5. The molecule has 1 aliphatic rings.